The van der Waals surface area contributed by atoms with E-state index in [0.717, 1.165) is 27.3 Å². The highest BCUT2D eigenvalue weighted by Crippen LogP contribution is 2.30. The molecule has 3 rings (SSSR count). The van der Waals surface area contributed by atoms with E-state index in [4.69, 9.17) is 4.74 Å². The van der Waals surface area contributed by atoms with Crippen LogP contribution in [0.3, 0.4) is 0 Å². The number of carbonyl (C=O) groups excluding carboxylic acids is 2. The smallest absolute Gasteiger partial charge is 0.355 e. The molecule has 1 heterocycles. The highest BCUT2D eigenvalue weighted by atomic mass is 16.5. The summed E-state index contributed by atoms with van der Waals surface area (Å²) < 4.78 is 5.09. The monoisotopic (exact) mass is 387 g/mol. The Labute approximate surface area is 169 Å². The van der Waals surface area contributed by atoms with E-state index in [1.165, 1.54) is 0 Å². The van der Waals surface area contributed by atoms with Crippen LogP contribution in [0, 0.1) is 25.3 Å². The number of esters is 1. The number of hydrogen-bond donors (Lipinski definition) is 1. The predicted molar refractivity (Wildman–Crippen MR) is 111 cm³/mol. The van der Waals surface area contributed by atoms with Gasteiger partial charge in [0, 0.05) is 16.8 Å². The van der Waals surface area contributed by atoms with Crippen LogP contribution in [-0.2, 0) is 4.74 Å². The normalized spacial score (nSPS) is 10.3. The van der Waals surface area contributed by atoms with Gasteiger partial charge >= 0.3 is 5.97 Å². The molecule has 0 fully saturated rings. The van der Waals surface area contributed by atoms with Crippen LogP contribution in [0.25, 0.3) is 11.1 Å². The molecule has 0 radical (unpaired) electrons. The molecule has 3 aromatic rings. The molecule has 0 aliphatic heterocycles. The molecule has 0 saturated heterocycles. The van der Waals surface area contributed by atoms with Gasteiger partial charge in [0.05, 0.1) is 12.3 Å². The number of carbonyl (C=O) groups is 2. The fourth-order valence-corrected chi connectivity index (χ4v) is 3.30. The molecule has 0 spiro atoms. The van der Waals surface area contributed by atoms with Gasteiger partial charge < -0.3 is 9.72 Å². The number of benzene rings is 2. The Hall–Kier alpha value is -3.85. The van der Waals surface area contributed by atoms with Gasteiger partial charge in [-0.1, -0.05) is 30.3 Å². The van der Waals surface area contributed by atoms with Crippen molar-refractivity contribution >= 4 is 17.6 Å². The number of nitrogens with zero attached hydrogens (tertiary/aromatic N) is 2. The molecule has 6 heteroatoms. The Kier molecular flexibility index (Phi) is 5.79. The first-order valence-corrected chi connectivity index (χ1v) is 9.23. The van der Waals surface area contributed by atoms with Gasteiger partial charge in [0.15, 0.2) is 6.19 Å². The van der Waals surface area contributed by atoms with Crippen molar-refractivity contribution < 1.29 is 14.3 Å². The van der Waals surface area contributed by atoms with E-state index in [-0.39, 0.29) is 0 Å². The molecule has 2 aromatic carbocycles. The van der Waals surface area contributed by atoms with Crippen molar-refractivity contribution in [1.29, 1.82) is 5.26 Å². The topological polar surface area (TPSA) is 86.2 Å². The van der Waals surface area contributed by atoms with Crippen LogP contribution in [0.1, 0.15) is 39.0 Å². The van der Waals surface area contributed by atoms with Gasteiger partial charge in [0.1, 0.15) is 5.69 Å². The molecule has 0 unspecified atom stereocenters. The van der Waals surface area contributed by atoms with Gasteiger partial charge in [-0.2, -0.15) is 5.26 Å². The zero-order valence-electron chi connectivity index (χ0n) is 16.5. The minimum atomic E-state index is -0.403. The minimum Gasteiger partial charge on any atom is -0.461 e. The number of nitriles is 1. The Bertz CT molecular complexity index is 1080. The molecule has 1 N–H and O–H groups in total. The second-order valence-corrected chi connectivity index (χ2v) is 6.50. The van der Waals surface area contributed by atoms with Crippen LogP contribution >= 0.6 is 0 Å². The van der Waals surface area contributed by atoms with Gasteiger partial charge in [0.2, 0.25) is 0 Å². The first-order valence-electron chi connectivity index (χ1n) is 9.23. The van der Waals surface area contributed by atoms with Gasteiger partial charge in [-0.3, -0.25) is 4.79 Å². The van der Waals surface area contributed by atoms with E-state index in [1.807, 2.05) is 38.2 Å². The second-order valence-electron chi connectivity index (χ2n) is 6.50. The number of aromatic amines is 1. The zero-order chi connectivity index (χ0) is 21.0. The number of ether oxygens (including phenoxy) is 1. The van der Waals surface area contributed by atoms with Crippen molar-refractivity contribution in [1.82, 2.24) is 4.98 Å². The highest BCUT2D eigenvalue weighted by Gasteiger charge is 2.21. The number of para-hydroxylation sites is 1. The SMILES string of the molecule is CCOC(=O)c1[nH]c(C)c(-c2ccc(C(=O)N(C#N)c3ccccc3)cc2)c1C. The van der Waals surface area contributed by atoms with E-state index >= 15 is 0 Å². The third-order valence-corrected chi connectivity index (χ3v) is 4.66. The standard InChI is InChI=1S/C23H21N3O3/c1-4-29-23(28)21-15(2)20(16(3)25-21)17-10-12-18(13-11-17)22(27)26(14-24)19-8-6-5-7-9-19/h5-13,25H,4H2,1-3H3. The fraction of sp³-hybridized carbons (Fsp3) is 0.174. The van der Waals surface area contributed by atoms with Crippen LogP contribution in [0.4, 0.5) is 5.69 Å². The largest absolute Gasteiger partial charge is 0.461 e. The van der Waals surface area contributed by atoms with E-state index in [2.05, 4.69) is 4.98 Å². The Morgan fingerprint density at radius 1 is 1.07 bits per heavy atom. The maximum Gasteiger partial charge on any atom is 0.355 e. The molecule has 146 valence electrons. The van der Waals surface area contributed by atoms with Gasteiger partial charge in [0.25, 0.3) is 5.91 Å². The maximum atomic E-state index is 12.8. The molecule has 0 bridgehead atoms. The average Bonchev–Trinajstić information content (AvgIpc) is 3.04. The second kappa shape index (κ2) is 8.44. The van der Waals surface area contributed by atoms with Crippen molar-refractivity contribution in [2.24, 2.45) is 0 Å². The van der Waals surface area contributed by atoms with Crippen molar-refractivity contribution in [3.05, 3.63) is 77.1 Å². The summed E-state index contributed by atoms with van der Waals surface area (Å²) in [6.45, 7) is 5.81. The lowest BCUT2D eigenvalue weighted by Crippen LogP contribution is -2.25. The third kappa shape index (κ3) is 3.90. The number of nitrogens with one attached hydrogen (secondary N) is 1. The Morgan fingerprint density at radius 2 is 1.72 bits per heavy atom. The van der Waals surface area contributed by atoms with Crippen LogP contribution < -0.4 is 4.90 Å². The van der Waals surface area contributed by atoms with Gasteiger partial charge in [-0.15, -0.1) is 0 Å². The van der Waals surface area contributed by atoms with Crippen LogP contribution in [0.5, 0.6) is 0 Å². The van der Waals surface area contributed by atoms with Crippen LogP contribution in [-0.4, -0.2) is 23.5 Å². The highest BCUT2D eigenvalue weighted by molar-refractivity contribution is 6.08. The summed E-state index contributed by atoms with van der Waals surface area (Å²) >= 11 is 0. The maximum absolute atomic E-state index is 12.8. The zero-order valence-corrected chi connectivity index (χ0v) is 16.5. The molecule has 1 aromatic heterocycles. The molecule has 6 nitrogen and oxygen atoms in total. The molecule has 0 saturated carbocycles. The van der Waals surface area contributed by atoms with Crippen LogP contribution in [0.2, 0.25) is 0 Å². The first-order chi connectivity index (χ1) is 14.0. The number of aromatic nitrogens is 1. The molecule has 0 atom stereocenters. The fourth-order valence-electron chi connectivity index (χ4n) is 3.30. The molecular weight excluding hydrogens is 366 g/mol. The van der Waals surface area contributed by atoms with Gasteiger partial charge in [-0.25, -0.2) is 9.69 Å². The van der Waals surface area contributed by atoms with E-state index < -0.39 is 11.9 Å². The van der Waals surface area contributed by atoms with Crippen LogP contribution in [0.15, 0.2) is 54.6 Å². The van der Waals surface area contributed by atoms with E-state index in [0.29, 0.717) is 23.6 Å². The van der Waals surface area contributed by atoms with E-state index in [9.17, 15) is 14.9 Å². The number of amides is 1. The summed E-state index contributed by atoms with van der Waals surface area (Å²) in [5.41, 5.74) is 4.74. The molecule has 29 heavy (non-hydrogen) atoms. The van der Waals surface area contributed by atoms with Crippen molar-refractivity contribution in [3.63, 3.8) is 0 Å². The summed E-state index contributed by atoms with van der Waals surface area (Å²) in [5.74, 6) is -0.793. The number of aryl methyl sites for hydroxylation is 1. The lowest BCUT2D eigenvalue weighted by molar-refractivity contribution is 0.0519. The number of H-pyrrole nitrogens is 1. The molecule has 1 amide bonds. The summed E-state index contributed by atoms with van der Waals surface area (Å²) in [5, 5.41) is 9.42. The first kappa shape index (κ1) is 19.9. The summed E-state index contributed by atoms with van der Waals surface area (Å²) in [7, 11) is 0. The summed E-state index contributed by atoms with van der Waals surface area (Å²) in [6, 6.07) is 15.8. The Morgan fingerprint density at radius 3 is 2.31 bits per heavy atom. The predicted octanol–water partition coefficient (Wildman–Crippen LogP) is 4.60. The number of anilines is 1. The number of rotatable bonds is 5. The van der Waals surface area contributed by atoms with E-state index in [1.54, 1.807) is 43.3 Å². The average molecular weight is 387 g/mol. The molecule has 0 aliphatic rings. The van der Waals surface area contributed by atoms with Crippen molar-refractivity contribution in [3.8, 4) is 17.3 Å². The minimum absolute atomic E-state index is 0.305. The molecule has 0 aliphatic carbocycles. The summed E-state index contributed by atoms with van der Waals surface area (Å²) in [4.78, 5) is 29.0. The van der Waals surface area contributed by atoms with Crippen molar-refractivity contribution in [2.75, 3.05) is 11.5 Å². The lowest BCUT2D eigenvalue weighted by Gasteiger charge is -2.14. The summed E-state index contributed by atoms with van der Waals surface area (Å²) in [6.07, 6.45) is 1.94. The van der Waals surface area contributed by atoms with Gasteiger partial charge in [-0.05, 0) is 56.2 Å². The third-order valence-electron chi connectivity index (χ3n) is 4.66. The number of hydrogen-bond acceptors (Lipinski definition) is 4. The lowest BCUT2D eigenvalue weighted by atomic mass is 9.99. The van der Waals surface area contributed by atoms with Crippen molar-refractivity contribution in [2.45, 2.75) is 20.8 Å². The quantitative estimate of drug-likeness (QED) is 0.394. The Balaban J connectivity index is 1.90. The molecular formula is C23H21N3O3.